The Balaban J connectivity index is 1.87. The Labute approximate surface area is 167 Å². The topological polar surface area (TPSA) is 18.5 Å². The van der Waals surface area contributed by atoms with Gasteiger partial charge in [0.05, 0.1) is 0 Å². The lowest BCUT2D eigenvalue weighted by atomic mass is 9.80. The molecule has 2 heterocycles. The van der Waals surface area contributed by atoms with Crippen LogP contribution in [0.5, 0.6) is 0 Å². The maximum absolute atomic E-state index is 3.36. The summed E-state index contributed by atoms with van der Waals surface area (Å²) >= 11 is 0. The van der Waals surface area contributed by atoms with Crippen LogP contribution in [0.1, 0.15) is 79.9 Å². The van der Waals surface area contributed by atoms with E-state index in [1.54, 1.807) is 16.7 Å². The van der Waals surface area contributed by atoms with E-state index in [0.29, 0.717) is 5.92 Å². The molecule has 0 bridgehead atoms. The summed E-state index contributed by atoms with van der Waals surface area (Å²) in [7, 11) is 6.61. The highest BCUT2D eigenvalue weighted by Gasteiger charge is 2.24. The van der Waals surface area contributed by atoms with Gasteiger partial charge < -0.3 is 15.1 Å². The van der Waals surface area contributed by atoms with Gasteiger partial charge in [-0.3, -0.25) is 0 Å². The van der Waals surface area contributed by atoms with Crippen molar-refractivity contribution in [2.45, 2.75) is 63.2 Å². The normalized spacial score (nSPS) is 22.2. The van der Waals surface area contributed by atoms with Gasteiger partial charge in [-0.15, -0.1) is 0 Å². The van der Waals surface area contributed by atoms with Crippen molar-refractivity contribution in [2.75, 3.05) is 53.9 Å². The highest BCUT2D eigenvalue weighted by molar-refractivity contribution is 5.37. The quantitative estimate of drug-likeness (QED) is 0.766. The van der Waals surface area contributed by atoms with Crippen molar-refractivity contribution >= 4 is 0 Å². The maximum Gasteiger partial charge on any atom is -0.00159 e. The molecule has 1 atom stereocenters. The molecule has 152 valence electrons. The molecule has 0 amide bonds. The molecule has 0 radical (unpaired) electrons. The lowest BCUT2D eigenvalue weighted by molar-refractivity contribution is 0.252. The minimum atomic E-state index is 0.689. The SMILES string of the molecule is CCC(CCNC)c1cc(C2CCN(C)CC2)cc(C2CCN(C)CC2)c1. The molecule has 0 aliphatic carbocycles. The fourth-order valence-electron chi connectivity index (χ4n) is 5.02. The number of benzene rings is 1. The van der Waals surface area contributed by atoms with Gasteiger partial charge in [-0.25, -0.2) is 0 Å². The molecule has 0 spiro atoms. The molecule has 3 nitrogen and oxygen atoms in total. The zero-order chi connectivity index (χ0) is 19.2. The summed E-state index contributed by atoms with van der Waals surface area (Å²) in [5, 5.41) is 3.36. The number of nitrogens with one attached hydrogen (secondary N) is 1. The predicted molar refractivity (Wildman–Crippen MR) is 117 cm³/mol. The van der Waals surface area contributed by atoms with Crippen molar-refractivity contribution in [3.05, 3.63) is 34.9 Å². The van der Waals surface area contributed by atoms with Gasteiger partial charge in [0.2, 0.25) is 0 Å². The second-order valence-corrected chi connectivity index (χ2v) is 9.09. The van der Waals surface area contributed by atoms with E-state index in [1.807, 2.05) is 0 Å². The van der Waals surface area contributed by atoms with Gasteiger partial charge in [-0.1, -0.05) is 25.1 Å². The van der Waals surface area contributed by atoms with Crippen LogP contribution in [0.3, 0.4) is 0 Å². The third-order valence-electron chi connectivity index (χ3n) is 7.09. The van der Waals surface area contributed by atoms with Gasteiger partial charge in [0, 0.05) is 0 Å². The molecule has 27 heavy (non-hydrogen) atoms. The molecular formula is C24H41N3. The van der Waals surface area contributed by atoms with Gasteiger partial charge in [-0.2, -0.15) is 0 Å². The number of rotatable bonds is 7. The van der Waals surface area contributed by atoms with Gasteiger partial charge in [-0.05, 0) is 127 Å². The highest BCUT2D eigenvalue weighted by Crippen LogP contribution is 2.36. The first-order valence-electron chi connectivity index (χ1n) is 11.3. The number of hydrogen-bond acceptors (Lipinski definition) is 3. The largest absolute Gasteiger partial charge is 0.320 e. The van der Waals surface area contributed by atoms with Crippen molar-refractivity contribution < 1.29 is 0 Å². The van der Waals surface area contributed by atoms with Crippen molar-refractivity contribution in [3.63, 3.8) is 0 Å². The zero-order valence-corrected chi connectivity index (χ0v) is 18.1. The number of piperidine rings is 2. The van der Waals surface area contributed by atoms with E-state index in [0.717, 1.165) is 18.4 Å². The first-order valence-corrected chi connectivity index (χ1v) is 11.3. The van der Waals surface area contributed by atoms with Crippen LogP contribution in [0.15, 0.2) is 18.2 Å². The number of nitrogens with zero attached hydrogens (tertiary/aromatic N) is 2. The number of likely N-dealkylation sites (tertiary alicyclic amines) is 2. The third-order valence-corrected chi connectivity index (χ3v) is 7.09. The predicted octanol–water partition coefficient (Wildman–Crippen LogP) is 4.41. The summed E-state index contributed by atoms with van der Waals surface area (Å²) in [6.07, 6.45) is 7.77. The van der Waals surface area contributed by atoms with Crippen molar-refractivity contribution in [1.82, 2.24) is 15.1 Å². The first-order chi connectivity index (χ1) is 13.1. The van der Waals surface area contributed by atoms with E-state index >= 15 is 0 Å². The Morgan fingerprint density at radius 1 is 0.889 bits per heavy atom. The lowest BCUT2D eigenvalue weighted by Gasteiger charge is -2.32. The van der Waals surface area contributed by atoms with E-state index in [-0.39, 0.29) is 0 Å². The Kier molecular flexibility index (Phi) is 7.75. The van der Waals surface area contributed by atoms with Crippen LogP contribution < -0.4 is 5.32 Å². The Morgan fingerprint density at radius 2 is 1.37 bits per heavy atom. The second kappa shape index (κ2) is 10.0. The van der Waals surface area contributed by atoms with E-state index < -0.39 is 0 Å². The van der Waals surface area contributed by atoms with Crippen LogP contribution in [0.25, 0.3) is 0 Å². The minimum Gasteiger partial charge on any atom is -0.320 e. The first kappa shape index (κ1) is 20.8. The average molecular weight is 372 g/mol. The van der Waals surface area contributed by atoms with E-state index in [2.05, 4.69) is 61.4 Å². The molecule has 2 fully saturated rings. The highest BCUT2D eigenvalue weighted by atomic mass is 15.1. The lowest BCUT2D eigenvalue weighted by Crippen LogP contribution is -2.30. The summed E-state index contributed by atoms with van der Waals surface area (Å²) in [5.41, 5.74) is 4.88. The molecule has 2 aliphatic rings. The van der Waals surface area contributed by atoms with Crippen molar-refractivity contribution in [3.8, 4) is 0 Å². The zero-order valence-electron chi connectivity index (χ0n) is 18.1. The van der Waals surface area contributed by atoms with Crippen LogP contribution in [0.2, 0.25) is 0 Å². The van der Waals surface area contributed by atoms with E-state index in [9.17, 15) is 0 Å². The third kappa shape index (κ3) is 5.56. The Hall–Kier alpha value is -0.900. The fourth-order valence-corrected chi connectivity index (χ4v) is 5.02. The Morgan fingerprint density at radius 3 is 1.78 bits per heavy atom. The fraction of sp³-hybridized carbons (Fsp3) is 0.750. The summed E-state index contributed by atoms with van der Waals surface area (Å²) in [5.74, 6) is 2.20. The molecule has 3 rings (SSSR count). The van der Waals surface area contributed by atoms with Crippen LogP contribution in [0.4, 0.5) is 0 Å². The summed E-state index contributed by atoms with van der Waals surface area (Å²) < 4.78 is 0. The monoisotopic (exact) mass is 371 g/mol. The molecule has 1 aromatic rings. The molecule has 3 heteroatoms. The molecule has 1 aromatic carbocycles. The van der Waals surface area contributed by atoms with E-state index in [1.165, 1.54) is 64.7 Å². The standard InChI is InChI=1S/C24H41N3/c1-5-19(6-11-25-2)22-16-23(20-7-12-26(3)13-8-20)18-24(17-22)21-9-14-27(4)15-10-21/h16-21,25H,5-15H2,1-4H3. The maximum atomic E-state index is 3.36. The van der Waals surface area contributed by atoms with E-state index in [4.69, 9.17) is 0 Å². The average Bonchev–Trinajstić information content (AvgIpc) is 2.69. The van der Waals surface area contributed by atoms with Crippen molar-refractivity contribution in [1.29, 1.82) is 0 Å². The van der Waals surface area contributed by atoms with Crippen LogP contribution >= 0.6 is 0 Å². The summed E-state index contributed by atoms with van der Waals surface area (Å²) in [6.45, 7) is 8.45. The molecule has 1 N–H and O–H groups in total. The molecule has 2 saturated heterocycles. The molecule has 0 saturated carbocycles. The molecule has 2 aliphatic heterocycles. The second-order valence-electron chi connectivity index (χ2n) is 9.09. The minimum absolute atomic E-state index is 0.689. The smallest absolute Gasteiger partial charge is 0.00159 e. The number of hydrogen-bond donors (Lipinski definition) is 1. The van der Waals surface area contributed by atoms with Crippen LogP contribution in [0, 0.1) is 0 Å². The van der Waals surface area contributed by atoms with Crippen LogP contribution in [-0.2, 0) is 0 Å². The van der Waals surface area contributed by atoms with Crippen LogP contribution in [-0.4, -0.2) is 63.7 Å². The molecular weight excluding hydrogens is 330 g/mol. The van der Waals surface area contributed by atoms with Crippen molar-refractivity contribution in [2.24, 2.45) is 0 Å². The van der Waals surface area contributed by atoms with Gasteiger partial charge >= 0.3 is 0 Å². The summed E-state index contributed by atoms with van der Waals surface area (Å²) in [4.78, 5) is 4.97. The van der Waals surface area contributed by atoms with Gasteiger partial charge in [0.15, 0.2) is 0 Å². The Bertz CT molecular complexity index is 495. The summed E-state index contributed by atoms with van der Waals surface area (Å²) in [6, 6.07) is 7.76. The van der Waals surface area contributed by atoms with Gasteiger partial charge in [0.1, 0.15) is 0 Å². The molecule has 1 unspecified atom stereocenters. The molecule has 0 aromatic heterocycles. The van der Waals surface area contributed by atoms with Gasteiger partial charge in [0.25, 0.3) is 0 Å².